The molecule has 0 saturated carbocycles. The van der Waals surface area contributed by atoms with Crippen molar-refractivity contribution in [3.63, 3.8) is 0 Å². The van der Waals surface area contributed by atoms with Crippen molar-refractivity contribution < 1.29 is 23.7 Å². The van der Waals surface area contributed by atoms with Crippen LogP contribution in [0.1, 0.15) is 17.3 Å². The third-order valence-corrected chi connectivity index (χ3v) is 3.13. The van der Waals surface area contributed by atoms with E-state index in [-0.39, 0.29) is 0 Å². The zero-order valence-corrected chi connectivity index (χ0v) is 12.2. The zero-order valence-electron chi connectivity index (χ0n) is 12.2. The minimum Gasteiger partial charge on any atom is -0.494 e. The van der Waals surface area contributed by atoms with Crippen LogP contribution in [0.4, 0.5) is 0 Å². The van der Waals surface area contributed by atoms with E-state index < -0.39 is 5.97 Å². The van der Waals surface area contributed by atoms with Crippen molar-refractivity contribution in [2.24, 2.45) is 0 Å². The van der Waals surface area contributed by atoms with Crippen molar-refractivity contribution >= 4 is 5.97 Å². The summed E-state index contributed by atoms with van der Waals surface area (Å²) in [4.78, 5) is 12.1. The van der Waals surface area contributed by atoms with Crippen molar-refractivity contribution in [1.29, 1.82) is 0 Å². The fourth-order valence-corrected chi connectivity index (χ4v) is 2.11. The van der Waals surface area contributed by atoms with Gasteiger partial charge in [-0.3, -0.25) is 0 Å². The second kappa shape index (κ2) is 6.39. The zero-order chi connectivity index (χ0) is 15.4. The van der Waals surface area contributed by atoms with Gasteiger partial charge in [0.2, 0.25) is 0 Å². The SMILES string of the molecule is CCOc1ccc(C(=O)Oc2ccc3c(c2)OCCO3)cc1. The summed E-state index contributed by atoms with van der Waals surface area (Å²) in [5.41, 5.74) is 0.457. The molecule has 0 N–H and O–H groups in total. The number of carbonyl (C=O) groups is 1. The van der Waals surface area contributed by atoms with Gasteiger partial charge in [-0.1, -0.05) is 0 Å². The number of carbonyl (C=O) groups excluding carboxylic acids is 1. The highest BCUT2D eigenvalue weighted by atomic mass is 16.6. The normalized spacial score (nSPS) is 12.6. The van der Waals surface area contributed by atoms with E-state index in [9.17, 15) is 4.79 Å². The van der Waals surface area contributed by atoms with Gasteiger partial charge in [-0.15, -0.1) is 0 Å². The molecule has 5 nitrogen and oxygen atoms in total. The van der Waals surface area contributed by atoms with Crippen molar-refractivity contribution in [2.75, 3.05) is 19.8 Å². The highest BCUT2D eigenvalue weighted by Crippen LogP contribution is 2.33. The fraction of sp³-hybridized carbons (Fsp3) is 0.235. The number of hydrogen-bond donors (Lipinski definition) is 0. The van der Waals surface area contributed by atoms with Crippen molar-refractivity contribution in [3.05, 3.63) is 48.0 Å². The minimum atomic E-state index is -0.431. The van der Waals surface area contributed by atoms with Crippen LogP contribution in [0.25, 0.3) is 0 Å². The lowest BCUT2D eigenvalue weighted by atomic mass is 10.2. The molecule has 1 aliphatic heterocycles. The molecule has 0 unspecified atom stereocenters. The third kappa shape index (κ3) is 3.14. The van der Waals surface area contributed by atoms with Gasteiger partial charge in [0.15, 0.2) is 11.5 Å². The first-order chi connectivity index (χ1) is 10.8. The maximum absolute atomic E-state index is 12.1. The summed E-state index contributed by atoms with van der Waals surface area (Å²) in [6.07, 6.45) is 0. The summed E-state index contributed by atoms with van der Waals surface area (Å²) >= 11 is 0. The average Bonchev–Trinajstić information content (AvgIpc) is 2.56. The number of esters is 1. The molecule has 0 saturated heterocycles. The Kier molecular flexibility index (Phi) is 4.14. The molecule has 0 aromatic heterocycles. The summed E-state index contributed by atoms with van der Waals surface area (Å²) in [7, 11) is 0. The van der Waals surface area contributed by atoms with Crippen LogP contribution >= 0.6 is 0 Å². The molecular formula is C17H16O5. The van der Waals surface area contributed by atoms with Crippen LogP contribution in [0.3, 0.4) is 0 Å². The summed E-state index contributed by atoms with van der Waals surface area (Å²) in [5, 5.41) is 0. The van der Waals surface area contributed by atoms with Gasteiger partial charge >= 0.3 is 5.97 Å². The van der Waals surface area contributed by atoms with Gasteiger partial charge in [-0.25, -0.2) is 4.79 Å². The lowest BCUT2D eigenvalue weighted by molar-refractivity contribution is 0.0733. The van der Waals surface area contributed by atoms with Crippen molar-refractivity contribution in [1.82, 2.24) is 0 Å². The molecule has 0 fully saturated rings. The Hall–Kier alpha value is -2.69. The standard InChI is InChI=1S/C17H16O5/c1-2-19-13-5-3-12(4-6-13)17(18)22-14-7-8-15-16(11-14)21-10-9-20-15/h3-8,11H,2,9-10H2,1H3. The molecule has 1 aliphatic rings. The summed E-state index contributed by atoms with van der Waals surface area (Å²) < 4.78 is 21.6. The van der Waals surface area contributed by atoms with Crippen LogP contribution in [0.15, 0.2) is 42.5 Å². The molecule has 1 heterocycles. The number of benzene rings is 2. The topological polar surface area (TPSA) is 54.0 Å². The fourth-order valence-electron chi connectivity index (χ4n) is 2.11. The number of hydrogen-bond acceptors (Lipinski definition) is 5. The van der Waals surface area contributed by atoms with Gasteiger partial charge in [0, 0.05) is 6.07 Å². The molecule has 0 radical (unpaired) electrons. The smallest absolute Gasteiger partial charge is 0.343 e. The molecule has 5 heteroatoms. The minimum absolute atomic E-state index is 0.420. The second-order valence-corrected chi connectivity index (χ2v) is 4.65. The van der Waals surface area contributed by atoms with E-state index in [1.54, 1.807) is 42.5 Å². The van der Waals surface area contributed by atoms with Crippen molar-refractivity contribution in [2.45, 2.75) is 6.92 Å². The molecular weight excluding hydrogens is 284 g/mol. The Morgan fingerprint density at radius 1 is 1.00 bits per heavy atom. The second-order valence-electron chi connectivity index (χ2n) is 4.65. The third-order valence-electron chi connectivity index (χ3n) is 3.13. The largest absolute Gasteiger partial charge is 0.494 e. The maximum atomic E-state index is 12.1. The molecule has 0 atom stereocenters. The summed E-state index contributed by atoms with van der Waals surface area (Å²) in [5.74, 6) is 1.96. The van der Waals surface area contributed by atoms with Gasteiger partial charge in [-0.05, 0) is 43.3 Å². The first-order valence-corrected chi connectivity index (χ1v) is 7.11. The predicted octanol–water partition coefficient (Wildman–Crippen LogP) is 3.08. The van der Waals surface area contributed by atoms with Gasteiger partial charge in [0.25, 0.3) is 0 Å². The van der Waals surface area contributed by atoms with Crippen LogP contribution in [0.5, 0.6) is 23.0 Å². The molecule has 0 aliphatic carbocycles. The Labute approximate surface area is 128 Å². The van der Waals surface area contributed by atoms with Crippen LogP contribution < -0.4 is 18.9 Å². The molecule has 2 aromatic rings. The van der Waals surface area contributed by atoms with E-state index >= 15 is 0 Å². The average molecular weight is 300 g/mol. The van der Waals surface area contributed by atoms with E-state index in [1.807, 2.05) is 6.92 Å². The van der Waals surface area contributed by atoms with Crippen LogP contribution in [-0.2, 0) is 0 Å². The van der Waals surface area contributed by atoms with Crippen molar-refractivity contribution in [3.8, 4) is 23.0 Å². The maximum Gasteiger partial charge on any atom is 0.343 e. The molecule has 0 bridgehead atoms. The van der Waals surface area contributed by atoms with Gasteiger partial charge < -0.3 is 18.9 Å². The Morgan fingerprint density at radius 3 is 2.41 bits per heavy atom. The van der Waals surface area contributed by atoms with Crippen LogP contribution in [0, 0.1) is 0 Å². The quantitative estimate of drug-likeness (QED) is 0.641. The van der Waals surface area contributed by atoms with E-state index in [0.29, 0.717) is 42.6 Å². The van der Waals surface area contributed by atoms with Gasteiger partial charge in [0.05, 0.1) is 12.2 Å². The van der Waals surface area contributed by atoms with Gasteiger partial charge in [-0.2, -0.15) is 0 Å². The number of rotatable bonds is 4. The van der Waals surface area contributed by atoms with E-state index in [1.165, 1.54) is 0 Å². The highest BCUT2D eigenvalue weighted by molar-refractivity contribution is 5.91. The monoisotopic (exact) mass is 300 g/mol. The van der Waals surface area contributed by atoms with E-state index in [0.717, 1.165) is 5.75 Å². The van der Waals surface area contributed by atoms with Crippen LogP contribution in [0.2, 0.25) is 0 Å². The highest BCUT2D eigenvalue weighted by Gasteiger charge is 2.14. The Bertz CT molecular complexity index is 663. The Morgan fingerprint density at radius 2 is 1.68 bits per heavy atom. The first kappa shape index (κ1) is 14.3. The first-order valence-electron chi connectivity index (χ1n) is 7.11. The van der Waals surface area contributed by atoms with E-state index in [4.69, 9.17) is 18.9 Å². The predicted molar refractivity (Wildman–Crippen MR) is 80.0 cm³/mol. The molecule has 22 heavy (non-hydrogen) atoms. The Balaban J connectivity index is 1.71. The summed E-state index contributed by atoms with van der Waals surface area (Å²) in [6.45, 7) is 3.51. The lowest BCUT2D eigenvalue weighted by Crippen LogP contribution is -2.15. The molecule has 3 rings (SSSR count). The molecule has 0 amide bonds. The number of fused-ring (bicyclic) bond motifs is 1. The molecule has 2 aromatic carbocycles. The van der Waals surface area contributed by atoms with Crippen LogP contribution in [-0.4, -0.2) is 25.8 Å². The summed E-state index contributed by atoms with van der Waals surface area (Å²) in [6, 6.07) is 11.9. The molecule has 0 spiro atoms. The van der Waals surface area contributed by atoms with Gasteiger partial charge in [0.1, 0.15) is 24.7 Å². The molecule has 114 valence electrons. The lowest BCUT2D eigenvalue weighted by Gasteiger charge is -2.18. The number of ether oxygens (including phenoxy) is 4. The van der Waals surface area contributed by atoms with E-state index in [2.05, 4.69) is 0 Å².